The van der Waals surface area contributed by atoms with Gasteiger partial charge in [0.05, 0.1) is 0 Å². The molecule has 0 saturated heterocycles. The molecule has 0 unspecified atom stereocenters. The molecular formula is C15H27NO3. The minimum absolute atomic E-state index is 0.129. The number of aliphatic carboxylic acids is 1. The second-order valence-electron chi connectivity index (χ2n) is 5.38. The van der Waals surface area contributed by atoms with Gasteiger partial charge in [-0.15, -0.1) is 0 Å². The molecule has 0 aliphatic heterocycles. The predicted octanol–water partition coefficient (Wildman–Crippen LogP) is 3.08. The third-order valence-corrected chi connectivity index (χ3v) is 3.41. The summed E-state index contributed by atoms with van der Waals surface area (Å²) in [6.07, 6.45) is 1.77. The Hall–Kier alpha value is -1.32. The molecule has 4 heteroatoms. The molecule has 0 bridgehead atoms. The van der Waals surface area contributed by atoms with Gasteiger partial charge in [-0.25, -0.2) is 4.79 Å². The molecule has 19 heavy (non-hydrogen) atoms. The Kier molecular flexibility index (Phi) is 7.42. The van der Waals surface area contributed by atoms with Gasteiger partial charge in [0, 0.05) is 23.7 Å². The summed E-state index contributed by atoms with van der Waals surface area (Å²) in [5.74, 6) is -0.815. The van der Waals surface area contributed by atoms with E-state index in [1.165, 1.54) is 6.92 Å². The van der Waals surface area contributed by atoms with Crippen LogP contribution in [0.3, 0.4) is 0 Å². The Bertz CT molecular complexity index is 354. The molecule has 0 aromatic carbocycles. The van der Waals surface area contributed by atoms with Crippen LogP contribution >= 0.6 is 0 Å². The molecular weight excluding hydrogens is 242 g/mol. The molecule has 0 aromatic rings. The van der Waals surface area contributed by atoms with Gasteiger partial charge in [-0.1, -0.05) is 27.7 Å². The monoisotopic (exact) mass is 269 g/mol. The van der Waals surface area contributed by atoms with Crippen LogP contribution in [0.1, 0.15) is 54.4 Å². The topological polar surface area (TPSA) is 57.6 Å². The van der Waals surface area contributed by atoms with E-state index in [0.717, 1.165) is 12.8 Å². The summed E-state index contributed by atoms with van der Waals surface area (Å²) in [5, 5.41) is 8.99. The Morgan fingerprint density at radius 3 is 1.84 bits per heavy atom. The maximum atomic E-state index is 12.5. The van der Waals surface area contributed by atoms with Crippen molar-refractivity contribution in [3.05, 3.63) is 11.1 Å². The van der Waals surface area contributed by atoms with Gasteiger partial charge in [-0.05, 0) is 32.6 Å². The van der Waals surface area contributed by atoms with Crippen LogP contribution in [0.25, 0.3) is 0 Å². The number of amides is 1. The maximum absolute atomic E-state index is 12.5. The smallest absolute Gasteiger partial charge is 0.331 e. The van der Waals surface area contributed by atoms with Crippen LogP contribution < -0.4 is 0 Å². The molecule has 4 nitrogen and oxygen atoms in total. The normalized spacial score (nSPS) is 12.6. The lowest BCUT2D eigenvalue weighted by Gasteiger charge is -2.32. The Morgan fingerprint density at radius 2 is 1.53 bits per heavy atom. The van der Waals surface area contributed by atoms with E-state index in [0.29, 0.717) is 18.0 Å². The zero-order valence-corrected chi connectivity index (χ0v) is 13.0. The number of hydrogen-bond acceptors (Lipinski definition) is 2. The lowest BCUT2D eigenvalue weighted by atomic mass is 10.0. The molecule has 1 amide bonds. The van der Waals surface area contributed by atoms with E-state index in [4.69, 9.17) is 5.11 Å². The number of hydrogen-bond donors (Lipinski definition) is 1. The first-order chi connectivity index (χ1) is 8.76. The molecule has 0 spiro atoms. The minimum Gasteiger partial charge on any atom is -0.478 e. The lowest BCUT2D eigenvalue weighted by Crippen LogP contribution is -2.42. The summed E-state index contributed by atoms with van der Waals surface area (Å²) in [6, 6.07) is 0.173. The molecule has 0 fully saturated rings. The second kappa shape index (κ2) is 7.97. The van der Waals surface area contributed by atoms with Crippen molar-refractivity contribution < 1.29 is 14.7 Å². The fraction of sp³-hybridized carbons (Fsp3) is 0.733. The first kappa shape index (κ1) is 17.7. The number of carbonyl (C=O) groups is 2. The Balaban J connectivity index is 5.32. The predicted molar refractivity (Wildman–Crippen MR) is 76.9 cm³/mol. The van der Waals surface area contributed by atoms with Gasteiger partial charge < -0.3 is 10.0 Å². The molecule has 0 aromatic heterocycles. The number of carboxylic acid groups (broad SMARTS) is 1. The number of nitrogens with zero attached hydrogens (tertiary/aromatic N) is 1. The van der Waals surface area contributed by atoms with Gasteiger partial charge in [0.15, 0.2) is 0 Å². The summed E-state index contributed by atoms with van der Waals surface area (Å²) in [5.41, 5.74) is 0.463. The zero-order valence-electron chi connectivity index (χ0n) is 13.0. The van der Waals surface area contributed by atoms with Crippen molar-refractivity contribution in [1.82, 2.24) is 4.90 Å². The Morgan fingerprint density at radius 1 is 1.05 bits per heavy atom. The number of carboxylic acids is 1. The molecule has 0 saturated carbocycles. The van der Waals surface area contributed by atoms with Crippen molar-refractivity contribution in [1.29, 1.82) is 0 Å². The number of rotatable bonds is 7. The van der Waals surface area contributed by atoms with Crippen LogP contribution in [0, 0.1) is 5.92 Å². The fourth-order valence-corrected chi connectivity index (χ4v) is 2.06. The van der Waals surface area contributed by atoms with Gasteiger partial charge in [0.1, 0.15) is 0 Å². The molecule has 0 rings (SSSR count). The highest BCUT2D eigenvalue weighted by atomic mass is 16.4. The van der Waals surface area contributed by atoms with E-state index in [-0.39, 0.29) is 17.5 Å². The van der Waals surface area contributed by atoms with Crippen LogP contribution in [0.5, 0.6) is 0 Å². The number of carbonyl (C=O) groups excluding carboxylic acids is 1. The van der Waals surface area contributed by atoms with Crippen molar-refractivity contribution >= 4 is 11.9 Å². The van der Waals surface area contributed by atoms with Crippen LogP contribution in [-0.4, -0.2) is 34.5 Å². The van der Waals surface area contributed by atoms with Crippen molar-refractivity contribution in [3.63, 3.8) is 0 Å². The van der Waals surface area contributed by atoms with E-state index < -0.39 is 5.97 Å². The van der Waals surface area contributed by atoms with Crippen LogP contribution in [0.15, 0.2) is 11.1 Å². The van der Waals surface area contributed by atoms with E-state index in [9.17, 15) is 9.59 Å². The van der Waals surface area contributed by atoms with Gasteiger partial charge in [-0.3, -0.25) is 4.79 Å². The maximum Gasteiger partial charge on any atom is 0.331 e. The van der Waals surface area contributed by atoms with E-state index in [1.54, 1.807) is 6.92 Å². The molecule has 0 atom stereocenters. The third kappa shape index (κ3) is 5.05. The molecule has 0 heterocycles. The largest absolute Gasteiger partial charge is 0.478 e. The highest BCUT2D eigenvalue weighted by Crippen LogP contribution is 2.17. The van der Waals surface area contributed by atoms with Crippen molar-refractivity contribution in [3.8, 4) is 0 Å². The van der Waals surface area contributed by atoms with Crippen molar-refractivity contribution in [2.24, 2.45) is 5.92 Å². The van der Waals surface area contributed by atoms with Gasteiger partial charge in [-0.2, -0.15) is 0 Å². The second-order valence-corrected chi connectivity index (χ2v) is 5.38. The van der Waals surface area contributed by atoms with Crippen molar-refractivity contribution in [2.75, 3.05) is 6.54 Å². The van der Waals surface area contributed by atoms with Crippen LogP contribution in [0.4, 0.5) is 0 Å². The summed E-state index contributed by atoms with van der Waals surface area (Å²) in [4.78, 5) is 25.3. The Labute approximate surface area is 116 Å². The average molecular weight is 269 g/mol. The molecule has 1 N–H and O–H groups in total. The summed E-state index contributed by atoms with van der Waals surface area (Å²) in [6.45, 7) is 12.0. The van der Waals surface area contributed by atoms with Gasteiger partial charge in [0.2, 0.25) is 5.91 Å². The third-order valence-electron chi connectivity index (χ3n) is 3.41. The van der Waals surface area contributed by atoms with E-state index in [2.05, 4.69) is 27.7 Å². The highest BCUT2D eigenvalue weighted by molar-refractivity contribution is 6.01. The summed E-state index contributed by atoms with van der Waals surface area (Å²) in [7, 11) is 0. The van der Waals surface area contributed by atoms with Crippen molar-refractivity contribution in [2.45, 2.75) is 60.4 Å². The molecule has 0 aliphatic rings. The zero-order chi connectivity index (χ0) is 15.2. The quantitative estimate of drug-likeness (QED) is 0.723. The van der Waals surface area contributed by atoms with Crippen LogP contribution in [0.2, 0.25) is 0 Å². The highest BCUT2D eigenvalue weighted by Gasteiger charge is 2.25. The fourth-order valence-electron chi connectivity index (χ4n) is 2.06. The summed E-state index contributed by atoms with van der Waals surface area (Å²) < 4.78 is 0. The van der Waals surface area contributed by atoms with E-state index in [1.807, 2.05) is 4.90 Å². The SMILES string of the molecule is CCC(CC)N(CC(C)C)C(=O)C(C)=C(C)C(=O)O. The summed E-state index contributed by atoms with van der Waals surface area (Å²) >= 11 is 0. The average Bonchev–Trinajstić information content (AvgIpc) is 2.35. The first-order valence-electron chi connectivity index (χ1n) is 6.97. The molecule has 0 radical (unpaired) electrons. The van der Waals surface area contributed by atoms with Gasteiger partial charge >= 0.3 is 5.97 Å². The van der Waals surface area contributed by atoms with Crippen LogP contribution in [-0.2, 0) is 9.59 Å². The van der Waals surface area contributed by atoms with E-state index >= 15 is 0 Å². The first-order valence-corrected chi connectivity index (χ1v) is 6.97. The molecule has 0 aliphatic carbocycles. The standard InChI is InChI=1S/C15H27NO3/c1-7-13(8-2)16(9-10(3)4)14(17)11(5)12(6)15(18)19/h10,13H,7-9H2,1-6H3,(H,18,19). The lowest BCUT2D eigenvalue weighted by molar-refractivity contribution is -0.134. The molecule has 110 valence electrons. The van der Waals surface area contributed by atoms with Gasteiger partial charge in [0.25, 0.3) is 0 Å². The minimum atomic E-state index is -1.03.